The second-order valence-corrected chi connectivity index (χ2v) is 6.29. The van der Waals surface area contributed by atoms with E-state index >= 15 is 0 Å². The summed E-state index contributed by atoms with van der Waals surface area (Å²) in [5.74, 6) is 0. The molecular weight excluding hydrogens is 340 g/mol. The van der Waals surface area contributed by atoms with Crippen LogP contribution in [0.2, 0.25) is 0 Å². The molecule has 0 heterocycles. The van der Waals surface area contributed by atoms with Gasteiger partial charge in [-0.2, -0.15) is 0 Å². The number of allylic oxidation sites excluding steroid dienone is 2. The number of urea groups is 2. The molecule has 0 saturated heterocycles. The van der Waals surface area contributed by atoms with Crippen LogP contribution in [0, 0.1) is 0 Å². The van der Waals surface area contributed by atoms with Gasteiger partial charge in [0.25, 0.3) is 0 Å². The molecule has 4 N–H and O–H groups in total. The maximum absolute atomic E-state index is 11.6. The number of nitrogens with one attached hydrogen (secondary N) is 4. The highest BCUT2D eigenvalue weighted by Gasteiger charge is 2.04. The molecule has 27 heavy (non-hydrogen) atoms. The molecule has 140 valence electrons. The van der Waals surface area contributed by atoms with Crippen LogP contribution in [-0.2, 0) is 6.42 Å². The van der Waals surface area contributed by atoms with Crippen molar-refractivity contribution in [2.45, 2.75) is 20.3 Å². The normalized spacial score (nSPS) is 9.85. The number of carbonyl (C=O) groups excluding carboxylic acids is 2. The van der Waals surface area contributed by atoms with Crippen LogP contribution >= 0.6 is 0 Å². The van der Waals surface area contributed by atoms with Crippen molar-refractivity contribution in [3.05, 3.63) is 84.2 Å². The standard InChI is InChI=1S/C21H24N4O2/c1-14(2)22-20(26)24-18-9-5-16(6-10-18)13-17-7-11-19(12-8-17)25-21(27)23-15(3)4/h5-12H,1,3,13H2,2,4H3,(H2,22,24,26)(H2,23,25,27). The third kappa shape index (κ3) is 7.07. The van der Waals surface area contributed by atoms with Crippen molar-refractivity contribution in [3.63, 3.8) is 0 Å². The smallest absolute Gasteiger partial charge is 0.312 e. The molecule has 2 rings (SSSR count). The van der Waals surface area contributed by atoms with Gasteiger partial charge in [-0.05, 0) is 55.7 Å². The predicted molar refractivity (Wildman–Crippen MR) is 110 cm³/mol. The van der Waals surface area contributed by atoms with E-state index in [0.29, 0.717) is 22.8 Å². The summed E-state index contributed by atoms with van der Waals surface area (Å²) < 4.78 is 0. The molecule has 0 unspecified atom stereocenters. The molecular formula is C21H24N4O2. The van der Waals surface area contributed by atoms with Crippen molar-refractivity contribution in [1.82, 2.24) is 10.6 Å². The number of benzene rings is 2. The van der Waals surface area contributed by atoms with Crippen molar-refractivity contribution in [2.75, 3.05) is 10.6 Å². The third-order valence-corrected chi connectivity index (χ3v) is 3.49. The molecule has 6 heteroatoms. The first-order valence-corrected chi connectivity index (χ1v) is 8.47. The van der Waals surface area contributed by atoms with Crippen LogP contribution in [0.5, 0.6) is 0 Å². The highest BCUT2D eigenvalue weighted by molar-refractivity contribution is 5.90. The van der Waals surface area contributed by atoms with Crippen LogP contribution in [0.1, 0.15) is 25.0 Å². The summed E-state index contributed by atoms with van der Waals surface area (Å²) >= 11 is 0. The molecule has 0 atom stereocenters. The van der Waals surface area contributed by atoms with E-state index in [4.69, 9.17) is 0 Å². The Hall–Kier alpha value is -3.54. The van der Waals surface area contributed by atoms with Gasteiger partial charge in [-0.1, -0.05) is 37.4 Å². The summed E-state index contributed by atoms with van der Waals surface area (Å²) in [5.41, 5.74) is 4.81. The van der Waals surface area contributed by atoms with Crippen LogP contribution in [0.3, 0.4) is 0 Å². The molecule has 6 nitrogen and oxygen atoms in total. The van der Waals surface area contributed by atoms with E-state index in [0.717, 1.165) is 17.5 Å². The van der Waals surface area contributed by atoms with E-state index in [2.05, 4.69) is 34.4 Å². The van der Waals surface area contributed by atoms with E-state index < -0.39 is 0 Å². The minimum absolute atomic E-state index is 0.311. The molecule has 2 aromatic carbocycles. The molecule has 0 fully saturated rings. The fourth-order valence-corrected chi connectivity index (χ4v) is 2.36. The Balaban J connectivity index is 1.91. The van der Waals surface area contributed by atoms with Crippen LogP contribution in [0.25, 0.3) is 0 Å². The van der Waals surface area contributed by atoms with Gasteiger partial charge >= 0.3 is 12.1 Å². The Morgan fingerprint density at radius 3 is 1.33 bits per heavy atom. The summed E-state index contributed by atoms with van der Waals surface area (Å²) in [4.78, 5) is 23.3. The molecule has 0 radical (unpaired) electrons. The Bertz CT molecular complexity index is 768. The number of hydrogen-bond donors (Lipinski definition) is 4. The Kier molecular flexibility index (Phi) is 6.77. The molecule has 0 saturated carbocycles. The van der Waals surface area contributed by atoms with E-state index in [1.54, 1.807) is 13.8 Å². The fraction of sp³-hybridized carbons (Fsp3) is 0.143. The van der Waals surface area contributed by atoms with E-state index in [9.17, 15) is 9.59 Å². The Morgan fingerprint density at radius 1 is 0.704 bits per heavy atom. The quantitative estimate of drug-likeness (QED) is 0.605. The lowest BCUT2D eigenvalue weighted by Crippen LogP contribution is -2.26. The lowest BCUT2D eigenvalue weighted by Gasteiger charge is -2.09. The average Bonchev–Trinajstić information content (AvgIpc) is 2.57. The first-order valence-electron chi connectivity index (χ1n) is 8.47. The highest BCUT2D eigenvalue weighted by atomic mass is 16.2. The Labute approximate surface area is 159 Å². The zero-order valence-electron chi connectivity index (χ0n) is 15.6. The number of hydrogen-bond acceptors (Lipinski definition) is 2. The van der Waals surface area contributed by atoms with Gasteiger partial charge < -0.3 is 21.3 Å². The van der Waals surface area contributed by atoms with Crippen molar-refractivity contribution in [3.8, 4) is 0 Å². The van der Waals surface area contributed by atoms with Crippen molar-refractivity contribution in [2.24, 2.45) is 0 Å². The van der Waals surface area contributed by atoms with Crippen LogP contribution in [0.4, 0.5) is 21.0 Å². The second-order valence-electron chi connectivity index (χ2n) is 6.29. The van der Waals surface area contributed by atoms with Crippen LogP contribution in [0.15, 0.2) is 73.1 Å². The summed E-state index contributed by atoms with van der Waals surface area (Å²) in [6.45, 7) is 10.7. The number of amides is 4. The molecule has 0 aliphatic carbocycles. The summed E-state index contributed by atoms with van der Waals surface area (Å²) in [6.07, 6.45) is 0.747. The van der Waals surface area contributed by atoms with Gasteiger partial charge in [-0.15, -0.1) is 0 Å². The van der Waals surface area contributed by atoms with Gasteiger partial charge in [0.1, 0.15) is 0 Å². The summed E-state index contributed by atoms with van der Waals surface area (Å²) in [5, 5.41) is 10.7. The van der Waals surface area contributed by atoms with Crippen molar-refractivity contribution >= 4 is 23.4 Å². The third-order valence-electron chi connectivity index (χ3n) is 3.49. The van der Waals surface area contributed by atoms with E-state index in [1.807, 2.05) is 48.5 Å². The fourth-order valence-electron chi connectivity index (χ4n) is 2.36. The van der Waals surface area contributed by atoms with Gasteiger partial charge in [0.15, 0.2) is 0 Å². The zero-order valence-corrected chi connectivity index (χ0v) is 15.6. The molecule has 0 aromatic heterocycles. The maximum Gasteiger partial charge on any atom is 0.323 e. The topological polar surface area (TPSA) is 82.3 Å². The predicted octanol–water partition coefficient (Wildman–Crippen LogP) is 4.59. The number of anilines is 2. The van der Waals surface area contributed by atoms with Crippen molar-refractivity contribution in [1.29, 1.82) is 0 Å². The first-order chi connectivity index (χ1) is 12.8. The maximum atomic E-state index is 11.6. The monoisotopic (exact) mass is 364 g/mol. The molecule has 0 spiro atoms. The van der Waals surface area contributed by atoms with Gasteiger partial charge in [0, 0.05) is 22.8 Å². The zero-order chi connectivity index (χ0) is 19.8. The molecule has 0 bridgehead atoms. The molecule has 2 aromatic rings. The van der Waals surface area contributed by atoms with Gasteiger partial charge in [0.2, 0.25) is 0 Å². The molecule has 0 aliphatic heterocycles. The average molecular weight is 364 g/mol. The van der Waals surface area contributed by atoms with E-state index in [1.165, 1.54) is 0 Å². The second kappa shape index (κ2) is 9.24. The largest absolute Gasteiger partial charge is 0.323 e. The SMILES string of the molecule is C=C(C)NC(=O)Nc1ccc(Cc2ccc(NC(=O)NC(=C)C)cc2)cc1. The Morgan fingerprint density at radius 2 is 1.04 bits per heavy atom. The highest BCUT2D eigenvalue weighted by Crippen LogP contribution is 2.16. The molecule has 0 aliphatic rings. The first kappa shape index (κ1) is 19.8. The lowest BCUT2D eigenvalue weighted by atomic mass is 10.0. The lowest BCUT2D eigenvalue weighted by molar-refractivity contribution is 0.253. The minimum atomic E-state index is -0.311. The van der Waals surface area contributed by atoms with Gasteiger partial charge in [-0.3, -0.25) is 0 Å². The summed E-state index contributed by atoms with van der Waals surface area (Å²) in [6, 6.07) is 14.6. The van der Waals surface area contributed by atoms with Gasteiger partial charge in [0.05, 0.1) is 0 Å². The minimum Gasteiger partial charge on any atom is -0.312 e. The van der Waals surface area contributed by atoms with Crippen LogP contribution in [-0.4, -0.2) is 12.1 Å². The van der Waals surface area contributed by atoms with E-state index in [-0.39, 0.29) is 12.1 Å². The molecule has 4 amide bonds. The van der Waals surface area contributed by atoms with Gasteiger partial charge in [-0.25, -0.2) is 9.59 Å². The number of carbonyl (C=O) groups is 2. The van der Waals surface area contributed by atoms with Crippen molar-refractivity contribution < 1.29 is 9.59 Å². The van der Waals surface area contributed by atoms with Crippen LogP contribution < -0.4 is 21.3 Å². The number of rotatable bonds is 6. The summed E-state index contributed by atoms with van der Waals surface area (Å²) in [7, 11) is 0.